The molecule has 152 valence electrons. The second-order valence-electron chi connectivity index (χ2n) is 6.38. The lowest BCUT2D eigenvalue weighted by atomic mass is 10.1. The number of methoxy groups -OCH3 is 1. The Bertz CT molecular complexity index is 975. The van der Waals surface area contributed by atoms with E-state index in [9.17, 15) is 4.79 Å². The lowest BCUT2D eigenvalue weighted by molar-refractivity contribution is -0.119. The lowest BCUT2D eigenvalue weighted by Crippen LogP contribution is -2.28. The summed E-state index contributed by atoms with van der Waals surface area (Å²) in [4.78, 5) is 12.4. The van der Waals surface area contributed by atoms with Crippen LogP contribution in [0.5, 0.6) is 5.75 Å². The largest absolute Gasteiger partial charge is 0.496 e. The summed E-state index contributed by atoms with van der Waals surface area (Å²) < 4.78 is 8.45. The van der Waals surface area contributed by atoms with Gasteiger partial charge in [0.1, 0.15) is 5.75 Å². The van der Waals surface area contributed by atoms with Crippen molar-refractivity contribution in [2.24, 2.45) is 0 Å². The number of rotatable bonds is 8. The van der Waals surface area contributed by atoms with Gasteiger partial charge in [-0.1, -0.05) is 52.0 Å². The van der Waals surface area contributed by atoms with Gasteiger partial charge in [0.05, 0.1) is 24.5 Å². The van der Waals surface area contributed by atoms with Gasteiger partial charge < -0.3 is 14.6 Å². The number of hydrogen-bond donors (Lipinski definition) is 1. The Labute approximate surface area is 183 Å². The molecular formula is C21H23BrN4O2S. The Morgan fingerprint density at radius 1 is 1.21 bits per heavy atom. The fraction of sp³-hybridized carbons (Fsp3) is 0.286. The number of carbonyl (C=O) groups is 1. The van der Waals surface area contributed by atoms with Crippen molar-refractivity contribution in [3.8, 4) is 17.1 Å². The predicted octanol–water partition coefficient (Wildman–Crippen LogP) is 4.71. The SMILES string of the molecule is CCn1c(SCC(=O)NC(C)c2ccc(Br)cc2)nnc1-c1ccccc1OC. The summed E-state index contributed by atoms with van der Waals surface area (Å²) in [5, 5.41) is 12.4. The van der Waals surface area contributed by atoms with E-state index in [1.807, 2.05) is 66.9 Å². The highest BCUT2D eigenvalue weighted by molar-refractivity contribution is 9.10. The molecular weight excluding hydrogens is 452 g/mol. The van der Waals surface area contributed by atoms with Crippen LogP contribution < -0.4 is 10.1 Å². The fourth-order valence-corrected chi connectivity index (χ4v) is 4.04. The van der Waals surface area contributed by atoms with E-state index >= 15 is 0 Å². The summed E-state index contributed by atoms with van der Waals surface area (Å²) in [6, 6.07) is 15.6. The third-order valence-corrected chi connectivity index (χ3v) is 5.96. The van der Waals surface area contributed by atoms with Crippen LogP contribution in [0.4, 0.5) is 0 Å². The maximum atomic E-state index is 12.4. The van der Waals surface area contributed by atoms with Gasteiger partial charge in [-0.2, -0.15) is 0 Å². The molecule has 0 radical (unpaired) electrons. The average Bonchev–Trinajstić information content (AvgIpc) is 3.15. The number of amides is 1. The standard InChI is InChI=1S/C21H23BrN4O2S/c1-4-26-20(17-7-5-6-8-18(17)28-3)24-25-21(26)29-13-19(27)23-14(2)15-9-11-16(22)12-10-15/h5-12,14H,4,13H2,1-3H3,(H,23,27). The van der Waals surface area contributed by atoms with Crippen LogP contribution in [-0.4, -0.2) is 33.5 Å². The number of carbonyl (C=O) groups excluding carboxylic acids is 1. The summed E-state index contributed by atoms with van der Waals surface area (Å²) in [5.41, 5.74) is 1.94. The quantitative estimate of drug-likeness (QED) is 0.478. The van der Waals surface area contributed by atoms with Crippen LogP contribution in [0.3, 0.4) is 0 Å². The van der Waals surface area contributed by atoms with Gasteiger partial charge in [-0.3, -0.25) is 4.79 Å². The Morgan fingerprint density at radius 3 is 2.62 bits per heavy atom. The molecule has 0 aliphatic heterocycles. The van der Waals surface area contributed by atoms with E-state index in [2.05, 4.69) is 31.4 Å². The molecule has 0 saturated carbocycles. The summed E-state index contributed by atoms with van der Waals surface area (Å²) in [6.45, 7) is 4.70. The van der Waals surface area contributed by atoms with Crippen LogP contribution in [0, 0.1) is 0 Å². The Kier molecular flexibility index (Phi) is 7.33. The molecule has 1 unspecified atom stereocenters. The number of hydrogen-bond acceptors (Lipinski definition) is 5. The van der Waals surface area contributed by atoms with Crippen molar-refractivity contribution in [3.05, 3.63) is 58.6 Å². The number of nitrogens with one attached hydrogen (secondary N) is 1. The summed E-state index contributed by atoms with van der Waals surface area (Å²) in [6.07, 6.45) is 0. The van der Waals surface area contributed by atoms with Crippen molar-refractivity contribution in [2.45, 2.75) is 31.6 Å². The van der Waals surface area contributed by atoms with Crippen LogP contribution in [-0.2, 0) is 11.3 Å². The molecule has 1 aromatic heterocycles. The van der Waals surface area contributed by atoms with E-state index in [1.165, 1.54) is 11.8 Å². The number of aromatic nitrogens is 3. The Morgan fingerprint density at radius 2 is 1.93 bits per heavy atom. The van der Waals surface area contributed by atoms with Crippen LogP contribution in [0.2, 0.25) is 0 Å². The van der Waals surface area contributed by atoms with E-state index in [4.69, 9.17) is 4.74 Å². The van der Waals surface area contributed by atoms with Gasteiger partial charge >= 0.3 is 0 Å². The number of para-hydroxylation sites is 1. The average molecular weight is 475 g/mol. The van der Waals surface area contributed by atoms with Crippen molar-refractivity contribution in [3.63, 3.8) is 0 Å². The minimum absolute atomic E-state index is 0.0464. The summed E-state index contributed by atoms with van der Waals surface area (Å²) in [5.74, 6) is 1.70. The van der Waals surface area contributed by atoms with E-state index in [1.54, 1.807) is 7.11 Å². The first-order valence-corrected chi connectivity index (χ1v) is 11.1. The fourth-order valence-electron chi connectivity index (χ4n) is 2.96. The van der Waals surface area contributed by atoms with Crippen molar-refractivity contribution in [1.29, 1.82) is 0 Å². The smallest absolute Gasteiger partial charge is 0.230 e. The number of halogens is 1. The predicted molar refractivity (Wildman–Crippen MR) is 119 cm³/mol. The van der Waals surface area contributed by atoms with Crippen molar-refractivity contribution in [2.75, 3.05) is 12.9 Å². The maximum Gasteiger partial charge on any atom is 0.230 e. The minimum Gasteiger partial charge on any atom is -0.496 e. The molecule has 1 atom stereocenters. The molecule has 0 aliphatic carbocycles. The van der Waals surface area contributed by atoms with Gasteiger partial charge in [0.25, 0.3) is 0 Å². The summed E-state index contributed by atoms with van der Waals surface area (Å²) >= 11 is 4.80. The van der Waals surface area contributed by atoms with Crippen LogP contribution in [0.25, 0.3) is 11.4 Å². The molecule has 2 aromatic carbocycles. The first kappa shape index (κ1) is 21.4. The second-order valence-corrected chi connectivity index (χ2v) is 8.24. The molecule has 3 aromatic rings. The molecule has 6 nitrogen and oxygen atoms in total. The van der Waals surface area contributed by atoms with E-state index in [0.717, 1.165) is 27.2 Å². The number of ether oxygens (including phenoxy) is 1. The number of benzene rings is 2. The van der Waals surface area contributed by atoms with Crippen LogP contribution in [0.15, 0.2) is 58.2 Å². The molecule has 0 saturated heterocycles. The van der Waals surface area contributed by atoms with E-state index in [0.29, 0.717) is 11.7 Å². The van der Waals surface area contributed by atoms with Crippen LogP contribution >= 0.6 is 27.7 Å². The van der Waals surface area contributed by atoms with Gasteiger partial charge in [0.2, 0.25) is 5.91 Å². The van der Waals surface area contributed by atoms with Gasteiger partial charge in [-0.25, -0.2) is 0 Å². The van der Waals surface area contributed by atoms with Gasteiger partial charge in [-0.15, -0.1) is 10.2 Å². The van der Waals surface area contributed by atoms with Crippen molar-refractivity contribution in [1.82, 2.24) is 20.1 Å². The van der Waals surface area contributed by atoms with E-state index < -0.39 is 0 Å². The molecule has 1 heterocycles. The molecule has 0 fully saturated rings. The Balaban J connectivity index is 1.67. The Hall–Kier alpha value is -2.32. The second kappa shape index (κ2) is 9.93. The zero-order valence-electron chi connectivity index (χ0n) is 16.6. The zero-order valence-corrected chi connectivity index (χ0v) is 19.0. The van der Waals surface area contributed by atoms with Crippen molar-refractivity contribution >= 4 is 33.6 Å². The maximum absolute atomic E-state index is 12.4. The molecule has 1 N–H and O–H groups in total. The zero-order chi connectivity index (χ0) is 20.8. The molecule has 1 amide bonds. The lowest BCUT2D eigenvalue weighted by Gasteiger charge is -2.14. The highest BCUT2D eigenvalue weighted by Gasteiger charge is 2.18. The summed E-state index contributed by atoms with van der Waals surface area (Å²) in [7, 11) is 1.64. The van der Waals surface area contributed by atoms with Gasteiger partial charge in [0.15, 0.2) is 11.0 Å². The third-order valence-electron chi connectivity index (χ3n) is 4.46. The first-order valence-electron chi connectivity index (χ1n) is 9.27. The highest BCUT2D eigenvalue weighted by Crippen LogP contribution is 2.30. The van der Waals surface area contributed by atoms with Crippen LogP contribution in [0.1, 0.15) is 25.5 Å². The van der Waals surface area contributed by atoms with E-state index in [-0.39, 0.29) is 17.7 Å². The van der Waals surface area contributed by atoms with Crippen molar-refractivity contribution < 1.29 is 9.53 Å². The molecule has 0 bridgehead atoms. The minimum atomic E-state index is -0.0654. The van der Waals surface area contributed by atoms with Gasteiger partial charge in [-0.05, 0) is 43.7 Å². The molecule has 8 heteroatoms. The number of nitrogens with zero attached hydrogens (tertiary/aromatic N) is 3. The normalized spacial score (nSPS) is 11.9. The molecule has 0 aliphatic rings. The molecule has 0 spiro atoms. The number of thioether (sulfide) groups is 1. The monoisotopic (exact) mass is 474 g/mol. The highest BCUT2D eigenvalue weighted by atomic mass is 79.9. The van der Waals surface area contributed by atoms with Gasteiger partial charge in [0, 0.05) is 11.0 Å². The topological polar surface area (TPSA) is 69.0 Å². The third kappa shape index (κ3) is 5.19. The molecule has 29 heavy (non-hydrogen) atoms. The first-order chi connectivity index (χ1) is 14.0. The molecule has 3 rings (SSSR count).